The maximum Gasteiger partial charge on any atom is 0.286 e. The number of amides is 1. The van der Waals surface area contributed by atoms with E-state index in [0.717, 1.165) is 23.3 Å². The number of ether oxygens (including phenoxy) is 2. The zero-order chi connectivity index (χ0) is 19.8. The lowest BCUT2D eigenvalue weighted by Crippen LogP contribution is -2.25. The van der Waals surface area contributed by atoms with Gasteiger partial charge in [-0.15, -0.1) is 0 Å². The molecule has 0 aliphatic carbocycles. The summed E-state index contributed by atoms with van der Waals surface area (Å²) in [7, 11) is 0. The molecule has 0 aliphatic rings. The van der Waals surface area contributed by atoms with Gasteiger partial charge >= 0.3 is 0 Å². The van der Waals surface area contributed by atoms with Crippen LogP contribution in [0.1, 0.15) is 67.5 Å². The molecule has 0 saturated carbocycles. The molecule has 1 heterocycles. The van der Waals surface area contributed by atoms with E-state index in [1.807, 2.05) is 26.8 Å². The third-order valence-electron chi connectivity index (χ3n) is 4.10. The van der Waals surface area contributed by atoms with Crippen LogP contribution in [0.5, 0.6) is 5.75 Å². The van der Waals surface area contributed by atoms with Gasteiger partial charge < -0.3 is 19.2 Å². The van der Waals surface area contributed by atoms with E-state index in [0.29, 0.717) is 37.2 Å². The fraction of sp³-hybridized carbons (Fsp3) is 0.500. The third kappa shape index (κ3) is 6.75. The van der Waals surface area contributed by atoms with Gasteiger partial charge in [-0.05, 0) is 62.4 Å². The maximum atomic E-state index is 12.1. The topological polar surface area (TPSA) is 60.7 Å². The Kier molecular flexibility index (Phi) is 7.92. The molecule has 2 rings (SSSR count). The molecule has 1 aromatic carbocycles. The fourth-order valence-electron chi connectivity index (χ4n) is 2.65. The van der Waals surface area contributed by atoms with Gasteiger partial charge in [-0.3, -0.25) is 4.79 Å². The van der Waals surface area contributed by atoms with E-state index in [1.54, 1.807) is 12.1 Å². The number of hydrogen-bond donors (Lipinski definition) is 1. The Morgan fingerprint density at radius 3 is 2.63 bits per heavy atom. The van der Waals surface area contributed by atoms with E-state index in [-0.39, 0.29) is 12.0 Å². The first kappa shape index (κ1) is 21.0. The minimum absolute atomic E-state index is 0.206. The predicted octanol–water partition coefficient (Wildman–Crippen LogP) is 4.84. The molecule has 2 aromatic rings. The van der Waals surface area contributed by atoms with E-state index in [4.69, 9.17) is 13.9 Å². The summed E-state index contributed by atoms with van der Waals surface area (Å²) < 4.78 is 17.0. The maximum absolute atomic E-state index is 12.1. The van der Waals surface area contributed by atoms with Crippen LogP contribution < -0.4 is 10.1 Å². The van der Waals surface area contributed by atoms with E-state index in [1.165, 1.54) is 0 Å². The highest BCUT2D eigenvalue weighted by atomic mass is 16.5. The van der Waals surface area contributed by atoms with Gasteiger partial charge in [0.25, 0.3) is 5.91 Å². The molecule has 0 radical (unpaired) electrons. The lowest BCUT2D eigenvalue weighted by atomic mass is 10.0. The molecule has 0 spiro atoms. The number of hydrogen-bond acceptors (Lipinski definition) is 4. The molecule has 148 valence electrons. The summed E-state index contributed by atoms with van der Waals surface area (Å²) in [4.78, 5) is 12.1. The summed E-state index contributed by atoms with van der Waals surface area (Å²) in [5, 5.41) is 2.84. The number of carbonyl (C=O) groups is 1. The Morgan fingerprint density at radius 1 is 1.15 bits per heavy atom. The van der Waals surface area contributed by atoms with Crippen molar-refractivity contribution in [3.05, 3.63) is 53.0 Å². The second kappa shape index (κ2) is 10.2. The molecule has 0 fully saturated rings. The Bertz CT molecular complexity index is 734. The lowest BCUT2D eigenvalue weighted by molar-refractivity contribution is 0.0753. The van der Waals surface area contributed by atoms with Crippen LogP contribution in [0.2, 0.25) is 0 Å². The average molecular weight is 373 g/mol. The predicted molar refractivity (Wildman–Crippen MR) is 106 cm³/mol. The van der Waals surface area contributed by atoms with Gasteiger partial charge in [-0.1, -0.05) is 26.0 Å². The number of benzene rings is 1. The number of aryl methyl sites for hydroxylation is 1. The molecule has 27 heavy (non-hydrogen) atoms. The van der Waals surface area contributed by atoms with Crippen molar-refractivity contribution in [2.75, 3.05) is 13.2 Å². The zero-order valence-corrected chi connectivity index (χ0v) is 17.0. The van der Waals surface area contributed by atoms with Crippen molar-refractivity contribution >= 4 is 5.91 Å². The number of carbonyl (C=O) groups excluding carboxylic acids is 1. The fourth-order valence-corrected chi connectivity index (χ4v) is 2.65. The van der Waals surface area contributed by atoms with E-state index >= 15 is 0 Å². The molecule has 0 aliphatic heterocycles. The first-order valence-electron chi connectivity index (χ1n) is 9.58. The molecule has 5 heteroatoms. The van der Waals surface area contributed by atoms with Crippen molar-refractivity contribution in [3.63, 3.8) is 0 Å². The van der Waals surface area contributed by atoms with Crippen LogP contribution in [0.4, 0.5) is 0 Å². The van der Waals surface area contributed by atoms with Crippen LogP contribution in [0, 0.1) is 6.92 Å². The standard InChI is InChI=1S/C22H31NO4/c1-15(2)19-9-7-17(5)13-21(19)26-14-18-8-10-20(27-18)22(24)23-11-6-12-25-16(3)4/h7-10,13,15-16H,6,11-12,14H2,1-5H3,(H,23,24). The Hall–Kier alpha value is -2.27. The van der Waals surface area contributed by atoms with Crippen molar-refractivity contribution in [3.8, 4) is 5.75 Å². The molecular formula is C22H31NO4. The second-order valence-electron chi connectivity index (χ2n) is 7.28. The van der Waals surface area contributed by atoms with Gasteiger partial charge in [0, 0.05) is 13.2 Å². The molecule has 1 amide bonds. The van der Waals surface area contributed by atoms with Gasteiger partial charge in [0.2, 0.25) is 0 Å². The number of rotatable bonds is 10. The van der Waals surface area contributed by atoms with Gasteiger partial charge in [0.15, 0.2) is 5.76 Å². The summed E-state index contributed by atoms with van der Waals surface area (Å²) in [6.45, 7) is 11.8. The van der Waals surface area contributed by atoms with Gasteiger partial charge in [-0.2, -0.15) is 0 Å². The number of furan rings is 1. The zero-order valence-electron chi connectivity index (χ0n) is 17.0. The largest absolute Gasteiger partial charge is 0.485 e. The first-order chi connectivity index (χ1) is 12.9. The Balaban J connectivity index is 1.85. The van der Waals surface area contributed by atoms with Gasteiger partial charge in [-0.25, -0.2) is 0 Å². The molecule has 1 N–H and O–H groups in total. The van der Waals surface area contributed by atoms with Gasteiger partial charge in [0.1, 0.15) is 18.1 Å². The van der Waals surface area contributed by atoms with Crippen LogP contribution in [0.15, 0.2) is 34.7 Å². The minimum Gasteiger partial charge on any atom is -0.485 e. The van der Waals surface area contributed by atoms with Crippen LogP contribution >= 0.6 is 0 Å². The summed E-state index contributed by atoms with van der Waals surface area (Å²) in [6, 6.07) is 9.67. The summed E-state index contributed by atoms with van der Waals surface area (Å²) in [6.07, 6.45) is 0.976. The molecule has 0 atom stereocenters. The van der Waals surface area contributed by atoms with Crippen molar-refractivity contribution in [1.82, 2.24) is 5.32 Å². The van der Waals surface area contributed by atoms with E-state index in [2.05, 4.69) is 31.3 Å². The minimum atomic E-state index is -0.218. The van der Waals surface area contributed by atoms with Gasteiger partial charge in [0.05, 0.1) is 6.10 Å². The average Bonchev–Trinajstić information content (AvgIpc) is 3.08. The van der Waals surface area contributed by atoms with Crippen LogP contribution in [0.25, 0.3) is 0 Å². The molecular weight excluding hydrogens is 342 g/mol. The smallest absolute Gasteiger partial charge is 0.286 e. The van der Waals surface area contributed by atoms with Crippen molar-refractivity contribution in [2.45, 2.75) is 59.7 Å². The van der Waals surface area contributed by atoms with Crippen LogP contribution in [-0.4, -0.2) is 25.2 Å². The number of nitrogens with one attached hydrogen (secondary N) is 1. The van der Waals surface area contributed by atoms with Crippen LogP contribution in [0.3, 0.4) is 0 Å². The van der Waals surface area contributed by atoms with Crippen LogP contribution in [-0.2, 0) is 11.3 Å². The summed E-state index contributed by atoms with van der Waals surface area (Å²) in [5.74, 6) is 1.94. The van der Waals surface area contributed by atoms with Crippen molar-refractivity contribution < 1.29 is 18.7 Å². The van der Waals surface area contributed by atoms with E-state index < -0.39 is 0 Å². The summed E-state index contributed by atoms with van der Waals surface area (Å²) in [5.41, 5.74) is 2.31. The lowest BCUT2D eigenvalue weighted by Gasteiger charge is -2.14. The molecule has 0 saturated heterocycles. The Morgan fingerprint density at radius 2 is 1.93 bits per heavy atom. The SMILES string of the molecule is Cc1ccc(C(C)C)c(OCc2ccc(C(=O)NCCCOC(C)C)o2)c1. The summed E-state index contributed by atoms with van der Waals surface area (Å²) >= 11 is 0. The highest BCUT2D eigenvalue weighted by molar-refractivity contribution is 5.91. The van der Waals surface area contributed by atoms with Crippen molar-refractivity contribution in [1.29, 1.82) is 0 Å². The highest BCUT2D eigenvalue weighted by Crippen LogP contribution is 2.28. The normalized spacial score (nSPS) is 11.2. The second-order valence-corrected chi connectivity index (χ2v) is 7.28. The molecule has 5 nitrogen and oxygen atoms in total. The third-order valence-corrected chi connectivity index (χ3v) is 4.10. The molecule has 1 aromatic heterocycles. The first-order valence-corrected chi connectivity index (χ1v) is 9.58. The molecule has 0 bridgehead atoms. The highest BCUT2D eigenvalue weighted by Gasteiger charge is 2.13. The quantitative estimate of drug-likeness (QED) is 0.606. The van der Waals surface area contributed by atoms with Crippen molar-refractivity contribution in [2.24, 2.45) is 0 Å². The van der Waals surface area contributed by atoms with E-state index in [9.17, 15) is 4.79 Å². The monoisotopic (exact) mass is 373 g/mol. The Labute approximate surface area is 162 Å². The molecule has 0 unspecified atom stereocenters.